The van der Waals surface area contributed by atoms with Gasteiger partial charge >= 0.3 is 0 Å². The van der Waals surface area contributed by atoms with Crippen LogP contribution in [0.2, 0.25) is 0 Å². The van der Waals surface area contributed by atoms with Gasteiger partial charge in [-0.15, -0.1) is 11.3 Å². The van der Waals surface area contributed by atoms with E-state index < -0.39 is 0 Å². The summed E-state index contributed by atoms with van der Waals surface area (Å²) < 4.78 is 5.66. The number of aryl methyl sites for hydroxylation is 2. The van der Waals surface area contributed by atoms with Gasteiger partial charge < -0.3 is 4.74 Å². The number of nitriles is 1. The predicted octanol–water partition coefficient (Wildman–Crippen LogP) is 3.41. The van der Waals surface area contributed by atoms with E-state index in [0.29, 0.717) is 13.0 Å². The van der Waals surface area contributed by atoms with Gasteiger partial charge in [0.1, 0.15) is 17.4 Å². The third kappa shape index (κ3) is 3.08. The molecule has 0 fully saturated rings. The largest absolute Gasteiger partial charge is 0.486 e. The normalized spacial score (nSPS) is 10.1. The molecule has 0 saturated carbocycles. The summed E-state index contributed by atoms with van der Waals surface area (Å²) in [7, 11) is 0. The molecule has 18 heavy (non-hydrogen) atoms. The highest BCUT2D eigenvalue weighted by Gasteiger charge is 2.04. The second-order valence-electron chi connectivity index (χ2n) is 4.02. The Bertz CT molecular complexity index is 547. The van der Waals surface area contributed by atoms with Gasteiger partial charge in [-0.25, -0.2) is 4.98 Å². The topological polar surface area (TPSA) is 45.9 Å². The summed E-state index contributed by atoms with van der Waals surface area (Å²) in [6, 6.07) is 9.73. The highest BCUT2D eigenvalue weighted by molar-refractivity contribution is 7.11. The molecule has 1 aromatic heterocycles. The fourth-order valence-corrected chi connectivity index (χ4v) is 2.39. The van der Waals surface area contributed by atoms with Crippen molar-refractivity contribution in [2.75, 3.05) is 0 Å². The van der Waals surface area contributed by atoms with Crippen molar-refractivity contribution in [3.05, 3.63) is 45.4 Å². The van der Waals surface area contributed by atoms with E-state index >= 15 is 0 Å². The van der Waals surface area contributed by atoms with Gasteiger partial charge in [-0.2, -0.15) is 5.26 Å². The van der Waals surface area contributed by atoms with Crippen LogP contribution >= 0.6 is 11.3 Å². The lowest BCUT2D eigenvalue weighted by atomic mass is 10.2. The molecule has 1 aromatic carbocycles. The molecule has 0 amide bonds. The molecule has 0 N–H and O–H groups in total. The molecule has 0 saturated heterocycles. The molecule has 0 bridgehead atoms. The van der Waals surface area contributed by atoms with Crippen molar-refractivity contribution in [1.82, 2.24) is 4.98 Å². The van der Waals surface area contributed by atoms with Crippen molar-refractivity contribution in [1.29, 1.82) is 5.26 Å². The number of benzene rings is 1. The SMILES string of the molecule is Cc1nc(COc2ccc(CC#N)cc2)sc1C. The standard InChI is InChI=1S/C14H14N2OS/c1-10-11(2)18-14(16-10)9-17-13-5-3-12(4-6-13)7-8-15/h3-6H,7,9H2,1-2H3. The van der Waals surface area contributed by atoms with Gasteiger partial charge in [-0.3, -0.25) is 0 Å². The van der Waals surface area contributed by atoms with Gasteiger partial charge in [0.15, 0.2) is 0 Å². The maximum absolute atomic E-state index is 8.58. The van der Waals surface area contributed by atoms with Crippen molar-refractivity contribution >= 4 is 11.3 Å². The van der Waals surface area contributed by atoms with E-state index in [1.165, 1.54) is 4.88 Å². The highest BCUT2D eigenvalue weighted by atomic mass is 32.1. The van der Waals surface area contributed by atoms with Crippen LogP contribution in [0.3, 0.4) is 0 Å². The Kier molecular flexibility index (Phi) is 3.96. The molecule has 0 radical (unpaired) electrons. The van der Waals surface area contributed by atoms with Gasteiger partial charge in [-0.1, -0.05) is 12.1 Å². The molecule has 0 unspecified atom stereocenters. The third-order valence-electron chi connectivity index (χ3n) is 2.64. The molecule has 92 valence electrons. The summed E-state index contributed by atoms with van der Waals surface area (Å²) in [4.78, 5) is 5.66. The Balaban J connectivity index is 1.96. The number of thiazole rings is 1. The number of hydrogen-bond donors (Lipinski definition) is 0. The molecule has 2 aromatic rings. The molecule has 2 rings (SSSR count). The van der Waals surface area contributed by atoms with E-state index in [2.05, 4.69) is 18.0 Å². The van der Waals surface area contributed by atoms with Gasteiger partial charge in [-0.05, 0) is 31.5 Å². The first-order valence-corrected chi connectivity index (χ1v) is 6.52. The molecule has 0 aliphatic heterocycles. The van der Waals surface area contributed by atoms with Crippen LogP contribution in [0.25, 0.3) is 0 Å². The maximum Gasteiger partial charge on any atom is 0.140 e. The molecule has 1 heterocycles. The van der Waals surface area contributed by atoms with Gasteiger partial charge in [0.05, 0.1) is 18.2 Å². The first kappa shape index (κ1) is 12.6. The van der Waals surface area contributed by atoms with Gasteiger partial charge in [0.2, 0.25) is 0 Å². The summed E-state index contributed by atoms with van der Waals surface area (Å²) in [6.07, 6.45) is 0.436. The summed E-state index contributed by atoms with van der Waals surface area (Å²) in [5.74, 6) is 0.808. The average Bonchev–Trinajstić information content (AvgIpc) is 2.68. The minimum atomic E-state index is 0.436. The van der Waals surface area contributed by atoms with Crippen molar-refractivity contribution in [2.24, 2.45) is 0 Å². The van der Waals surface area contributed by atoms with Crippen LogP contribution in [0, 0.1) is 25.2 Å². The third-order valence-corrected chi connectivity index (χ3v) is 3.69. The van der Waals surface area contributed by atoms with Gasteiger partial charge in [0.25, 0.3) is 0 Å². The second kappa shape index (κ2) is 5.65. The molecule has 4 heteroatoms. The van der Waals surface area contributed by atoms with Crippen LogP contribution < -0.4 is 4.74 Å². The smallest absolute Gasteiger partial charge is 0.140 e. The zero-order valence-electron chi connectivity index (χ0n) is 10.4. The Hall–Kier alpha value is -1.86. The molecule has 0 aliphatic carbocycles. The number of hydrogen-bond acceptors (Lipinski definition) is 4. The van der Waals surface area contributed by atoms with Crippen LogP contribution in [0.1, 0.15) is 21.1 Å². The zero-order chi connectivity index (χ0) is 13.0. The number of aromatic nitrogens is 1. The Morgan fingerprint density at radius 2 is 2.00 bits per heavy atom. The number of nitrogens with zero attached hydrogens (tertiary/aromatic N) is 2. The summed E-state index contributed by atoms with van der Waals surface area (Å²) in [5.41, 5.74) is 2.08. The zero-order valence-corrected chi connectivity index (χ0v) is 11.3. The lowest BCUT2D eigenvalue weighted by Crippen LogP contribution is -1.95. The minimum absolute atomic E-state index is 0.436. The van der Waals surface area contributed by atoms with E-state index in [4.69, 9.17) is 10.00 Å². The molecule has 0 aliphatic rings. The van der Waals surface area contributed by atoms with Crippen LogP contribution in [-0.2, 0) is 13.0 Å². The molecule has 0 atom stereocenters. The van der Waals surface area contributed by atoms with Crippen LogP contribution in [0.4, 0.5) is 0 Å². The van der Waals surface area contributed by atoms with Crippen LogP contribution in [0.15, 0.2) is 24.3 Å². The van der Waals surface area contributed by atoms with Crippen molar-refractivity contribution in [2.45, 2.75) is 26.9 Å². The Morgan fingerprint density at radius 3 is 2.56 bits per heavy atom. The number of ether oxygens (including phenoxy) is 1. The van der Waals surface area contributed by atoms with Crippen LogP contribution in [0.5, 0.6) is 5.75 Å². The van der Waals surface area contributed by atoms with Crippen molar-refractivity contribution in [3.8, 4) is 11.8 Å². The fourth-order valence-electron chi connectivity index (χ4n) is 1.54. The lowest BCUT2D eigenvalue weighted by molar-refractivity contribution is 0.305. The first-order valence-electron chi connectivity index (χ1n) is 5.70. The van der Waals surface area contributed by atoms with E-state index in [1.54, 1.807) is 11.3 Å². The molecular formula is C14H14N2OS. The highest BCUT2D eigenvalue weighted by Crippen LogP contribution is 2.19. The van der Waals surface area contributed by atoms with Crippen molar-refractivity contribution < 1.29 is 4.74 Å². The summed E-state index contributed by atoms with van der Waals surface area (Å²) in [5, 5.41) is 9.57. The van der Waals surface area contributed by atoms with E-state index in [9.17, 15) is 0 Å². The van der Waals surface area contributed by atoms with E-state index in [-0.39, 0.29) is 0 Å². The summed E-state index contributed by atoms with van der Waals surface area (Å²) in [6.45, 7) is 4.57. The predicted molar refractivity (Wildman–Crippen MR) is 71.7 cm³/mol. The number of rotatable bonds is 4. The second-order valence-corrected chi connectivity index (χ2v) is 5.30. The van der Waals surface area contributed by atoms with E-state index in [1.807, 2.05) is 31.2 Å². The van der Waals surface area contributed by atoms with E-state index in [0.717, 1.165) is 22.0 Å². The fraction of sp³-hybridized carbons (Fsp3) is 0.286. The average molecular weight is 258 g/mol. The van der Waals surface area contributed by atoms with Crippen molar-refractivity contribution in [3.63, 3.8) is 0 Å². The first-order chi connectivity index (χ1) is 8.69. The van der Waals surface area contributed by atoms with Gasteiger partial charge in [0, 0.05) is 4.88 Å². The Labute approximate surface area is 111 Å². The van der Waals surface area contributed by atoms with Crippen LogP contribution in [-0.4, -0.2) is 4.98 Å². The lowest BCUT2D eigenvalue weighted by Gasteiger charge is -2.04. The molecule has 3 nitrogen and oxygen atoms in total. The molecule has 0 spiro atoms. The monoisotopic (exact) mass is 258 g/mol. The molecular weight excluding hydrogens is 244 g/mol. The summed E-state index contributed by atoms with van der Waals surface area (Å²) >= 11 is 1.67. The minimum Gasteiger partial charge on any atom is -0.486 e. The Morgan fingerprint density at radius 1 is 1.28 bits per heavy atom. The quantitative estimate of drug-likeness (QED) is 0.844. The maximum atomic E-state index is 8.58.